The molecule has 2 aromatic carbocycles. The molecule has 0 radical (unpaired) electrons. The second-order valence-corrected chi connectivity index (χ2v) is 9.41. The van der Waals surface area contributed by atoms with Crippen molar-refractivity contribution in [1.82, 2.24) is 20.4 Å². The van der Waals surface area contributed by atoms with Gasteiger partial charge in [0.15, 0.2) is 0 Å². The van der Waals surface area contributed by atoms with Crippen LogP contribution in [0.3, 0.4) is 0 Å². The topological polar surface area (TPSA) is 80.9 Å². The Bertz CT molecular complexity index is 1320. The van der Waals surface area contributed by atoms with E-state index in [0.29, 0.717) is 11.6 Å². The summed E-state index contributed by atoms with van der Waals surface area (Å²) >= 11 is 7.45. The molecule has 34 heavy (non-hydrogen) atoms. The van der Waals surface area contributed by atoms with E-state index in [-0.39, 0.29) is 22.9 Å². The van der Waals surface area contributed by atoms with Crippen LogP contribution >= 0.6 is 22.9 Å². The summed E-state index contributed by atoms with van der Waals surface area (Å²) in [6.07, 6.45) is -4.74. The minimum atomic E-state index is -4.74. The van der Waals surface area contributed by atoms with E-state index in [2.05, 4.69) is 20.0 Å². The van der Waals surface area contributed by atoms with E-state index in [9.17, 15) is 18.0 Å². The SMILES string of the molecule is CC(C)(CNC(=O)c1cccc(-c2noc(C(F)(F)F)n2)c1)c1csc(-c2ccc(Cl)cc2)n1. The summed E-state index contributed by atoms with van der Waals surface area (Å²) in [5.41, 5.74) is 1.80. The normalized spacial score (nSPS) is 12.1. The van der Waals surface area contributed by atoms with Gasteiger partial charge in [-0.15, -0.1) is 11.3 Å². The number of thiazole rings is 1. The smallest absolute Gasteiger partial charge is 0.351 e. The quantitative estimate of drug-likeness (QED) is 0.335. The highest BCUT2D eigenvalue weighted by Crippen LogP contribution is 2.31. The first-order chi connectivity index (χ1) is 16.0. The molecule has 0 bridgehead atoms. The Hall–Kier alpha value is -3.24. The van der Waals surface area contributed by atoms with Gasteiger partial charge in [0.25, 0.3) is 5.91 Å². The molecule has 0 aliphatic rings. The van der Waals surface area contributed by atoms with Gasteiger partial charge in [-0.25, -0.2) is 4.98 Å². The Kier molecular flexibility index (Phi) is 6.46. The summed E-state index contributed by atoms with van der Waals surface area (Å²) in [5.74, 6) is -2.08. The Labute approximate surface area is 201 Å². The number of carbonyl (C=O) groups excluding carboxylic acids is 1. The summed E-state index contributed by atoms with van der Waals surface area (Å²) in [7, 11) is 0. The maximum atomic E-state index is 12.7. The number of rotatable bonds is 6. The van der Waals surface area contributed by atoms with Crippen LogP contribution in [-0.4, -0.2) is 27.6 Å². The molecule has 4 rings (SSSR count). The molecule has 0 aliphatic heterocycles. The van der Waals surface area contributed by atoms with Crippen molar-refractivity contribution in [1.29, 1.82) is 0 Å². The molecule has 1 N–H and O–H groups in total. The highest BCUT2D eigenvalue weighted by Gasteiger charge is 2.38. The summed E-state index contributed by atoms with van der Waals surface area (Å²) in [6.45, 7) is 4.21. The van der Waals surface area contributed by atoms with Gasteiger partial charge >= 0.3 is 12.1 Å². The third-order valence-electron chi connectivity index (χ3n) is 5.03. The fourth-order valence-corrected chi connectivity index (χ4v) is 4.20. The standard InChI is InChI=1S/C23H18ClF3N4O2S/c1-22(2,17-11-34-20(29-17)13-6-8-16(24)9-7-13)12-28-19(32)15-5-3-4-14(10-15)18-30-21(33-31-18)23(25,26)27/h3-11H,12H2,1-2H3,(H,28,32). The molecule has 1 amide bonds. The molecule has 0 aliphatic carbocycles. The fraction of sp³-hybridized carbons (Fsp3) is 0.217. The molecule has 2 aromatic heterocycles. The highest BCUT2D eigenvalue weighted by atomic mass is 35.5. The number of hydrogen-bond donors (Lipinski definition) is 1. The van der Waals surface area contributed by atoms with E-state index >= 15 is 0 Å². The van der Waals surface area contributed by atoms with Crippen molar-refractivity contribution in [3.63, 3.8) is 0 Å². The number of hydrogen-bond acceptors (Lipinski definition) is 6. The van der Waals surface area contributed by atoms with E-state index in [4.69, 9.17) is 16.6 Å². The predicted molar refractivity (Wildman–Crippen MR) is 123 cm³/mol. The van der Waals surface area contributed by atoms with Crippen LogP contribution in [0.4, 0.5) is 13.2 Å². The number of halogens is 4. The van der Waals surface area contributed by atoms with Crippen molar-refractivity contribution in [2.24, 2.45) is 0 Å². The van der Waals surface area contributed by atoms with E-state index in [1.165, 1.54) is 29.5 Å². The lowest BCUT2D eigenvalue weighted by atomic mass is 9.90. The summed E-state index contributed by atoms with van der Waals surface area (Å²) in [5, 5.41) is 9.66. The first kappa shape index (κ1) is 23.9. The zero-order valence-electron chi connectivity index (χ0n) is 18.0. The zero-order chi connectivity index (χ0) is 24.5. The molecule has 11 heteroatoms. The Morgan fingerprint density at radius 2 is 1.82 bits per heavy atom. The summed E-state index contributed by atoms with van der Waals surface area (Å²) < 4.78 is 42.4. The number of benzene rings is 2. The molecule has 0 atom stereocenters. The highest BCUT2D eigenvalue weighted by molar-refractivity contribution is 7.13. The Morgan fingerprint density at radius 1 is 1.09 bits per heavy atom. The van der Waals surface area contributed by atoms with Crippen LogP contribution in [-0.2, 0) is 11.6 Å². The van der Waals surface area contributed by atoms with Crippen LogP contribution in [0.25, 0.3) is 22.0 Å². The van der Waals surface area contributed by atoms with Gasteiger partial charge in [-0.3, -0.25) is 4.79 Å². The second-order valence-electron chi connectivity index (χ2n) is 8.11. The lowest BCUT2D eigenvalue weighted by molar-refractivity contribution is -0.159. The van der Waals surface area contributed by atoms with Gasteiger partial charge < -0.3 is 9.84 Å². The van der Waals surface area contributed by atoms with Gasteiger partial charge in [-0.1, -0.05) is 54.9 Å². The molecular formula is C23H18ClF3N4O2S. The summed E-state index contributed by atoms with van der Waals surface area (Å²) in [6, 6.07) is 13.4. The van der Waals surface area contributed by atoms with E-state index in [0.717, 1.165) is 16.3 Å². The molecule has 4 aromatic rings. The Balaban J connectivity index is 1.45. The van der Waals surface area contributed by atoms with Crippen LogP contribution in [0, 0.1) is 0 Å². The van der Waals surface area contributed by atoms with E-state index in [1.807, 2.05) is 31.4 Å². The average molecular weight is 507 g/mol. The van der Waals surface area contributed by atoms with Crippen molar-refractivity contribution in [3.8, 4) is 22.0 Å². The van der Waals surface area contributed by atoms with Crippen LogP contribution in [0.15, 0.2) is 58.4 Å². The minimum absolute atomic E-state index is 0.235. The second kappa shape index (κ2) is 9.19. The molecular weight excluding hydrogens is 489 g/mol. The van der Waals surface area contributed by atoms with Crippen molar-refractivity contribution < 1.29 is 22.5 Å². The van der Waals surface area contributed by atoms with Crippen molar-refractivity contribution in [2.75, 3.05) is 6.54 Å². The number of carbonyl (C=O) groups is 1. The largest absolute Gasteiger partial charge is 0.471 e. The number of amides is 1. The monoisotopic (exact) mass is 506 g/mol. The van der Waals surface area contributed by atoms with E-state index < -0.39 is 17.5 Å². The maximum Gasteiger partial charge on any atom is 0.471 e. The molecule has 2 heterocycles. The van der Waals surface area contributed by atoms with Gasteiger partial charge in [0, 0.05) is 39.1 Å². The van der Waals surface area contributed by atoms with Gasteiger partial charge in [-0.2, -0.15) is 18.2 Å². The van der Waals surface area contributed by atoms with Crippen LogP contribution in [0.2, 0.25) is 5.02 Å². The third-order valence-corrected chi connectivity index (χ3v) is 6.17. The van der Waals surface area contributed by atoms with Crippen molar-refractivity contribution >= 4 is 28.8 Å². The molecule has 0 spiro atoms. The van der Waals surface area contributed by atoms with Gasteiger partial charge in [0.1, 0.15) is 5.01 Å². The first-order valence-electron chi connectivity index (χ1n) is 10.0. The molecule has 0 saturated carbocycles. The van der Waals surface area contributed by atoms with Gasteiger partial charge in [0.2, 0.25) is 5.82 Å². The average Bonchev–Trinajstić information content (AvgIpc) is 3.49. The molecule has 176 valence electrons. The third kappa shape index (κ3) is 5.28. The van der Waals surface area contributed by atoms with Crippen LogP contribution < -0.4 is 5.32 Å². The van der Waals surface area contributed by atoms with Gasteiger partial charge in [0.05, 0.1) is 5.69 Å². The number of aromatic nitrogens is 3. The van der Waals surface area contributed by atoms with Crippen LogP contribution in [0.5, 0.6) is 0 Å². The number of alkyl halides is 3. The lowest BCUT2D eigenvalue weighted by Crippen LogP contribution is -2.36. The molecule has 0 unspecified atom stereocenters. The first-order valence-corrected chi connectivity index (χ1v) is 11.3. The predicted octanol–water partition coefficient (Wildman–Crippen LogP) is 6.24. The number of nitrogens with one attached hydrogen (secondary N) is 1. The molecule has 0 fully saturated rings. The zero-order valence-corrected chi connectivity index (χ0v) is 19.6. The van der Waals surface area contributed by atoms with Gasteiger partial charge in [-0.05, 0) is 24.3 Å². The van der Waals surface area contributed by atoms with Crippen molar-refractivity contribution in [3.05, 3.63) is 76.1 Å². The van der Waals surface area contributed by atoms with Crippen molar-refractivity contribution in [2.45, 2.75) is 25.4 Å². The lowest BCUT2D eigenvalue weighted by Gasteiger charge is -2.23. The molecule has 0 saturated heterocycles. The summed E-state index contributed by atoms with van der Waals surface area (Å²) in [4.78, 5) is 20.8. The number of nitrogens with zero attached hydrogens (tertiary/aromatic N) is 3. The van der Waals surface area contributed by atoms with Crippen LogP contribution in [0.1, 0.15) is 35.8 Å². The Morgan fingerprint density at radius 3 is 2.50 bits per heavy atom. The minimum Gasteiger partial charge on any atom is -0.351 e. The van der Waals surface area contributed by atoms with E-state index in [1.54, 1.807) is 18.2 Å². The fourth-order valence-electron chi connectivity index (χ4n) is 3.06. The maximum absolute atomic E-state index is 12.7. The molecule has 6 nitrogen and oxygen atoms in total.